The van der Waals surface area contributed by atoms with E-state index in [0.29, 0.717) is 13.0 Å². The molecular weight excluding hydrogens is 324 g/mol. The second kappa shape index (κ2) is 10.3. The zero-order valence-corrected chi connectivity index (χ0v) is 14.8. The second-order valence-corrected chi connectivity index (χ2v) is 5.89. The highest BCUT2D eigenvalue weighted by Crippen LogP contribution is 2.10. The Balaban J connectivity index is 2.78. The van der Waals surface area contributed by atoms with Crippen LogP contribution in [0.4, 0.5) is 4.79 Å². The molecule has 8 nitrogen and oxygen atoms in total. The average Bonchev–Trinajstić information content (AvgIpc) is 2.57. The van der Waals surface area contributed by atoms with E-state index in [9.17, 15) is 19.2 Å². The summed E-state index contributed by atoms with van der Waals surface area (Å²) in [6.07, 6.45) is 6.95. The summed E-state index contributed by atoms with van der Waals surface area (Å²) in [5, 5.41) is 10.4. The minimum Gasteiger partial charge on any atom is -0.352 e. The van der Waals surface area contributed by atoms with E-state index >= 15 is 0 Å². The number of Topliss-reactive ketones (excluding diaryl/α,β-unsaturated/α-hetero) is 1. The van der Waals surface area contributed by atoms with Gasteiger partial charge in [-0.3, -0.25) is 14.4 Å². The summed E-state index contributed by atoms with van der Waals surface area (Å²) >= 11 is 0. The monoisotopic (exact) mass is 350 g/mol. The summed E-state index contributed by atoms with van der Waals surface area (Å²) in [5.41, 5.74) is 0. The average molecular weight is 350 g/mol. The van der Waals surface area contributed by atoms with Crippen LogP contribution in [0.3, 0.4) is 0 Å². The Morgan fingerprint density at radius 2 is 2.04 bits per heavy atom. The van der Waals surface area contributed by atoms with Crippen molar-refractivity contribution in [3.8, 4) is 0 Å². The third-order valence-electron chi connectivity index (χ3n) is 3.70. The molecule has 1 unspecified atom stereocenters. The van der Waals surface area contributed by atoms with Crippen LogP contribution >= 0.6 is 0 Å². The molecule has 1 heterocycles. The first-order valence-corrected chi connectivity index (χ1v) is 8.27. The van der Waals surface area contributed by atoms with Crippen LogP contribution in [0.5, 0.6) is 0 Å². The van der Waals surface area contributed by atoms with Gasteiger partial charge >= 0.3 is 6.03 Å². The van der Waals surface area contributed by atoms with E-state index in [-0.39, 0.29) is 30.1 Å². The lowest BCUT2D eigenvalue weighted by Crippen LogP contribution is -2.44. The van der Waals surface area contributed by atoms with Gasteiger partial charge in [-0.05, 0) is 20.3 Å². The maximum Gasteiger partial charge on any atom is 0.315 e. The Bertz CT molecular complexity index is 571. The van der Waals surface area contributed by atoms with Crippen LogP contribution in [0.25, 0.3) is 0 Å². The van der Waals surface area contributed by atoms with Crippen LogP contribution in [0.15, 0.2) is 24.3 Å². The van der Waals surface area contributed by atoms with Crippen molar-refractivity contribution in [1.29, 1.82) is 0 Å². The molecule has 1 rings (SSSR count). The fourth-order valence-electron chi connectivity index (χ4n) is 2.20. The SMILES string of the molecule is CNC(=O)NC(C)C(=O)C[C@H]1/C=C/CCNC(=O)/C=C/[C@H](C)NC1=O. The van der Waals surface area contributed by atoms with E-state index < -0.39 is 18.0 Å². The zero-order chi connectivity index (χ0) is 18.8. The van der Waals surface area contributed by atoms with Crippen molar-refractivity contribution in [2.45, 2.75) is 38.8 Å². The lowest BCUT2D eigenvalue weighted by atomic mass is 9.97. The van der Waals surface area contributed by atoms with Crippen molar-refractivity contribution in [2.75, 3.05) is 13.6 Å². The first-order valence-electron chi connectivity index (χ1n) is 8.27. The Kier molecular flexibility index (Phi) is 8.38. The number of rotatable bonds is 4. The number of urea groups is 1. The normalized spacial score (nSPS) is 25.2. The van der Waals surface area contributed by atoms with Crippen molar-refractivity contribution >= 4 is 23.6 Å². The highest BCUT2D eigenvalue weighted by molar-refractivity contribution is 5.93. The predicted molar refractivity (Wildman–Crippen MR) is 93.7 cm³/mol. The number of ketones is 1. The van der Waals surface area contributed by atoms with E-state index in [1.165, 1.54) is 13.1 Å². The van der Waals surface area contributed by atoms with Crippen LogP contribution < -0.4 is 21.3 Å². The summed E-state index contributed by atoms with van der Waals surface area (Å²) in [6, 6.07) is -1.49. The zero-order valence-electron chi connectivity index (χ0n) is 14.8. The molecule has 25 heavy (non-hydrogen) atoms. The predicted octanol–water partition coefficient (Wildman–Crippen LogP) is 0.0163. The van der Waals surface area contributed by atoms with Crippen LogP contribution in [0.2, 0.25) is 0 Å². The summed E-state index contributed by atoms with van der Waals surface area (Å²) in [7, 11) is 1.46. The highest BCUT2D eigenvalue weighted by Gasteiger charge is 2.24. The molecule has 0 fully saturated rings. The van der Waals surface area contributed by atoms with Crippen LogP contribution in [-0.4, -0.2) is 49.3 Å². The number of amides is 4. The van der Waals surface area contributed by atoms with E-state index in [2.05, 4.69) is 21.3 Å². The van der Waals surface area contributed by atoms with Gasteiger partial charge in [-0.15, -0.1) is 0 Å². The minimum atomic E-state index is -0.695. The molecule has 1 aliphatic rings. The number of hydrogen-bond donors (Lipinski definition) is 4. The third-order valence-corrected chi connectivity index (χ3v) is 3.70. The molecule has 0 saturated carbocycles. The third kappa shape index (κ3) is 7.65. The molecule has 1 aliphatic heterocycles. The van der Waals surface area contributed by atoms with E-state index in [0.717, 1.165) is 0 Å². The molecular formula is C17H26N4O4. The molecule has 0 aliphatic carbocycles. The molecule has 138 valence electrons. The van der Waals surface area contributed by atoms with Gasteiger partial charge < -0.3 is 21.3 Å². The smallest absolute Gasteiger partial charge is 0.315 e. The van der Waals surface area contributed by atoms with Gasteiger partial charge in [0, 0.05) is 32.1 Å². The van der Waals surface area contributed by atoms with Gasteiger partial charge in [0.2, 0.25) is 11.8 Å². The minimum absolute atomic E-state index is 0.0176. The van der Waals surface area contributed by atoms with Crippen molar-refractivity contribution in [3.63, 3.8) is 0 Å². The summed E-state index contributed by atoms with van der Waals surface area (Å²) in [6.45, 7) is 3.77. The second-order valence-electron chi connectivity index (χ2n) is 5.89. The van der Waals surface area contributed by atoms with Gasteiger partial charge in [-0.25, -0.2) is 4.79 Å². The fourth-order valence-corrected chi connectivity index (χ4v) is 2.20. The van der Waals surface area contributed by atoms with Crippen LogP contribution in [0.1, 0.15) is 26.7 Å². The molecule has 0 bridgehead atoms. The Morgan fingerprint density at radius 1 is 1.32 bits per heavy atom. The highest BCUT2D eigenvalue weighted by atomic mass is 16.2. The number of carbonyl (C=O) groups is 4. The van der Waals surface area contributed by atoms with E-state index in [4.69, 9.17) is 0 Å². The molecule has 0 aromatic rings. The molecule has 0 radical (unpaired) electrons. The first kappa shape index (κ1) is 20.4. The number of hydrogen-bond acceptors (Lipinski definition) is 4. The lowest BCUT2D eigenvalue weighted by molar-refractivity contribution is -0.128. The van der Waals surface area contributed by atoms with Crippen LogP contribution in [-0.2, 0) is 14.4 Å². The largest absolute Gasteiger partial charge is 0.352 e. The maximum atomic E-state index is 12.4. The number of carbonyl (C=O) groups excluding carboxylic acids is 4. The molecule has 4 N–H and O–H groups in total. The fraction of sp³-hybridized carbons (Fsp3) is 0.529. The van der Waals surface area contributed by atoms with Crippen molar-refractivity contribution < 1.29 is 19.2 Å². The first-order chi connectivity index (χ1) is 11.8. The molecule has 0 aromatic heterocycles. The maximum absolute atomic E-state index is 12.4. The quantitative estimate of drug-likeness (QED) is 0.535. The van der Waals surface area contributed by atoms with Crippen molar-refractivity contribution in [2.24, 2.45) is 5.92 Å². The molecule has 0 aromatic carbocycles. The Hall–Kier alpha value is -2.64. The molecule has 0 spiro atoms. The van der Waals surface area contributed by atoms with Gasteiger partial charge in [0.1, 0.15) is 0 Å². The molecule has 8 heteroatoms. The van der Waals surface area contributed by atoms with E-state index in [1.807, 2.05) is 0 Å². The Labute approximate surface area is 147 Å². The summed E-state index contributed by atoms with van der Waals surface area (Å²) in [5.74, 6) is -1.38. The molecule has 3 atom stereocenters. The molecule has 4 amide bonds. The van der Waals surface area contributed by atoms with Gasteiger partial charge in [0.25, 0.3) is 0 Å². The Morgan fingerprint density at radius 3 is 2.72 bits per heavy atom. The molecule has 0 saturated heterocycles. The van der Waals surface area contributed by atoms with Gasteiger partial charge in [0.05, 0.1) is 12.0 Å². The van der Waals surface area contributed by atoms with Gasteiger partial charge in [0.15, 0.2) is 5.78 Å². The van der Waals surface area contributed by atoms with Gasteiger partial charge in [-0.1, -0.05) is 18.2 Å². The lowest BCUT2D eigenvalue weighted by Gasteiger charge is -2.18. The summed E-state index contributed by atoms with van der Waals surface area (Å²) in [4.78, 5) is 47.5. The standard InChI is InChI=1S/C17H26N4O4/c1-11-7-8-15(23)19-9-5-4-6-13(16(24)20-11)10-14(22)12(2)21-17(25)18-3/h4,6-8,11-13H,5,9-10H2,1-3H3,(H,19,23)(H,20,24)(H2,18,21,25)/b6-4+,8-7+/t11-,12?,13+/m0/s1. The van der Waals surface area contributed by atoms with E-state index in [1.54, 1.807) is 32.1 Å². The topological polar surface area (TPSA) is 116 Å². The summed E-state index contributed by atoms with van der Waals surface area (Å²) < 4.78 is 0. The van der Waals surface area contributed by atoms with Crippen molar-refractivity contribution in [3.05, 3.63) is 24.3 Å². The van der Waals surface area contributed by atoms with Gasteiger partial charge in [-0.2, -0.15) is 0 Å². The van der Waals surface area contributed by atoms with Crippen LogP contribution in [0, 0.1) is 5.92 Å². The number of nitrogens with one attached hydrogen (secondary N) is 4. The van der Waals surface area contributed by atoms with Crippen molar-refractivity contribution in [1.82, 2.24) is 21.3 Å².